The van der Waals surface area contributed by atoms with Crippen LogP contribution in [0.4, 0.5) is 5.69 Å². The van der Waals surface area contributed by atoms with Crippen LogP contribution in [0.25, 0.3) is 0 Å². The number of amides is 1. The fraction of sp³-hybridized carbons (Fsp3) is 0.559. The number of nitrogens with zero attached hydrogens (tertiary/aromatic N) is 1. The first kappa shape index (κ1) is 35.1. The highest BCUT2D eigenvalue weighted by Crippen LogP contribution is 2.32. The van der Waals surface area contributed by atoms with Gasteiger partial charge in [-0.25, -0.2) is 0 Å². The Bertz CT molecular complexity index is 1060. The van der Waals surface area contributed by atoms with Gasteiger partial charge < -0.3 is 19.7 Å². The van der Waals surface area contributed by atoms with E-state index in [1.54, 1.807) is 7.11 Å². The van der Waals surface area contributed by atoms with Crippen molar-refractivity contribution in [2.45, 2.75) is 104 Å². The molecule has 0 saturated heterocycles. The van der Waals surface area contributed by atoms with E-state index in [1.807, 2.05) is 42.1 Å². The summed E-state index contributed by atoms with van der Waals surface area (Å²) in [5.41, 5.74) is 2.84. The third kappa shape index (κ3) is 13.6. The van der Waals surface area contributed by atoms with Crippen LogP contribution < -0.4 is 14.8 Å². The molecule has 5 nitrogen and oxygen atoms in total. The van der Waals surface area contributed by atoms with E-state index in [0.717, 1.165) is 30.1 Å². The number of unbranched alkanes of at least 4 members (excludes halogenated alkanes) is 11. The van der Waals surface area contributed by atoms with Gasteiger partial charge in [0.25, 0.3) is 0 Å². The molecule has 2 aromatic rings. The molecule has 0 fully saturated rings. The molecule has 0 aromatic heterocycles. The van der Waals surface area contributed by atoms with E-state index in [9.17, 15) is 4.79 Å². The monoisotopic (exact) mass is 646 g/mol. The van der Waals surface area contributed by atoms with Gasteiger partial charge in [-0.1, -0.05) is 102 Å². The summed E-state index contributed by atoms with van der Waals surface area (Å²) in [6.45, 7) is 5.88. The summed E-state index contributed by atoms with van der Waals surface area (Å²) in [6.07, 6.45) is 18.2. The summed E-state index contributed by atoms with van der Waals surface area (Å²) in [5, 5.41) is 3.07. The lowest BCUT2D eigenvalue weighted by Gasteiger charge is -2.16. The first-order valence-electron chi connectivity index (χ1n) is 15.3. The van der Waals surface area contributed by atoms with Gasteiger partial charge in [0, 0.05) is 24.0 Å². The Labute approximate surface area is 263 Å². The predicted octanol–water partition coefficient (Wildman–Crippen LogP) is 9.90. The van der Waals surface area contributed by atoms with Crippen LogP contribution in [0.2, 0.25) is 0 Å². The van der Waals surface area contributed by atoms with Gasteiger partial charge in [0.05, 0.1) is 26.0 Å². The molecule has 1 aliphatic rings. The van der Waals surface area contributed by atoms with E-state index in [4.69, 9.17) is 9.47 Å². The molecule has 41 heavy (non-hydrogen) atoms. The Morgan fingerprint density at radius 2 is 1.59 bits per heavy atom. The Balaban J connectivity index is 0.00000588. The van der Waals surface area contributed by atoms with Crippen molar-refractivity contribution in [3.63, 3.8) is 0 Å². The molecule has 1 heterocycles. The van der Waals surface area contributed by atoms with Crippen molar-refractivity contribution in [3.05, 3.63) is 64.7 Å². The van der Waals surface area contributed by atoms with Crippen LogP contribution in [0.3, 0.4) is 0 Å². The highest BCUT2D eigenvalue weighted by atomic mass is 79.9. The summed E-state index contributed by atoms with van der Waals surface area (Å²) < 4.78 is 11.8. The number of carbonyl (C=O) groups is 1. The summed E-state index contributed by atoms with van der Waals surface area (Å²) >= 11 is 1.86. The first-order chi connectivity index (χ1) is 19.6. The van der Waals surface area contributed by atoms with Gasteiger partial charge in [-0.3, -0.25) is 4.79 Å². The fourth-order valence-electron chi connectivity index (χ4n) is 5.11. The third-order valence-corrected chi connectivity index (χ3v) is 8.32. The minimum Gasteiger partial charge on any atom is -0.493 e. The summed E-state index contributed by atoms with van der Waals surface area (Å²) in [4.78, 5) is 16.6. The van der Waals surface area contributed by atoms with Crippen molar-refractivity contribution in [3.8, 4) is 11.5 Å². The number of benzene rings is 2. The summed E-state index contributed by atoms with van der Waals surface area (Å²) in [5.74, 6) is 2.28. The maximum absolute atomic E-state index is 13.0. The number of anilines is 1. The van der Waals surface area contributed by atoms with Crippen molar-refractivity contribution in [1.29, 1.82) is 0 Å². The van der Waals surface area contributed by atoms with E-state index in [1.165, 1.54) is 81.1 Å². The van der Waals surface area contributed by atoms with Crippen LogP contribution in [0.1, 0.15) is 102 Å². The smallest absolute Gasteiger partial charge is 0.228 e. The Morgan fingerprint density at radius 3 is 2.22 bits per heavy atom. The lowest BCUT2D eigenvalue weighted by molar-refractivity contribution is -0.115. The van der Waals surface area contributed by atoms with Crippen LogP contribution in [0.15, 0.2) is 53.6 Å². The number of nitrogens with one attached hydrogen (secondary N) is 1. The van der Waals surface area contributed by atoms with Gasteiger partial charge in [0.15, 0.2) is 11.5 Å². The molecule has 0 saturated carbocycles. The number of hydrogen-bond donors (Lipinski definition) is 1. The topological polar surface area (TPSA) is 50.8 Å². The molecule has 0 unspecified atom stereocenters. The summed E-state index contributed by atoms with van der Waals surface area (Å²) in [6, 6.07) is 13.9. The molecular weight excluding hydrogens is 596 g/mol. The molecule has 0 radical (unpaired) electrons. The predicted molar refractivity (Wildman–Crippen MR) is 180 cm³/mol. The molecule has 3 rings (SSSR count). The van der Waals surface area contributed by atoms with Gasteiger partial charge in [-0.15, -0.1) is 28.7 Å². The molecule has 0 aliphatic carbocycles. The third-order valence-electron chi connectivity index (χ3n) is 7.29. The van der Waals surface area contributed by atoms with E-state index in [-0.39, 0.29) is 29.3 Å². The van der Waals surface area contributed by atoms with Gasteiger partial charge >= 0.3 is 0 Å². The van der Waals surface area contributed by atoms with Gasteiger partial charge in [0.2, 0.25) is 5.91 Å². The van der Waals surface area contributed by atoms with Gasteiger partial charge in [-0.2, -0.15) is 0 Å². The standard InChI is InChI=1S/C34H50N2O3S.BrH/c1-4-5-6-7-8-9-10-11-12-13-14-15-22-39-34-30(19-17-21-32(34)38-3)24-33(37)35-31-20-16-18-29(23-31)26-36-25-28(2)40-27-36;/h16-21,23,25H,4-15,22,24,26-27H2,1-3H3,(H,35,37);1H. The van der Waals surface area contributed by atoms with Crippen LogP contribution in [0.5, 0.6) is 11.5 Å². The van der Waals surface area contributed by atoms with Gasteiger partial charge in [-0.05, 0) is 42.0 Å². The average Bonchev–Trinajstić information content (AvgIpc) is 3.36. The second-order valence-corrected chi connectivity index (χ2v) is 12.1. The quantitative estimate of drug-likeness (QED) is 0.145. The SMILES string of the molecule is Br.CCCCCCCCCCCCCCOc1c(CC(=O)Nc2cccc(CN3C=C(C)SC3)c2)cccc1OC. The minimum atomic E-state index is -0.0620. The highest BCUT2D eigenvalue weighted by Gasteiger charge is 2.15. The van der Waals surface area contributed by atoms with Crippen molar-refractivity contribution >= 4 is 40.3 Å². The molecule has 1 N–H and O–H groups in total. The Hall–Kier alpha value is -2.12. The second-order valence-electron chi connectivity index (χ2n) is 10.9. The number of hydrogen-bond acceptors (Lipinski definition) is 5. The van der Waals surface area contributed by atoms with Crippen LogP contribution in [-0.4, -0.2) is 30.4 Å². The van der Waals surface area contributed by atoms with E-state index < -0.39 is 0 Å². The molecule has 0 atom stereocenters. The zero-order valence-electron chi connectivity index (χ0n) is 25.4. The number of rotatable bonds is 20. The lowest BCUT2D eigenvalue weighted by Crippen LogP contribution is -2.16. The average molecular weight is 648 g/mol. The molecule has 0 bridgehead atoms. The van der Waals surface area contributed by atoms with Crippen molar-refractivity contribution in [2.75, 3.05) is 24.9 Å². The van der Waals surface area contributed by atoms with E-state index in [0.29, 0.717) is 18.1 Å². The van der Waals surface area contributed by atoms with Crippen LogP contribution >= 0.6 is 28.7 Å². The molecule has 7 heteroatoms. The largest absolute Gasteiger partial charge is 0.493 e. The number of halogens is 1. The minimum absolute atomic E-state index is 0. The second kappa shape index (κ2) is 20.7. The molecule has 1 amide bonds. The van der Waals surface area contributed by atoms with E-state index in [2.05, 4.69) is 42.4 Å². The number of carbonyl (C=O) groups excluding carboxylic acids is 1. The maximum atomic E-state index is 13.0. The first-order valence-corrected chi connectivity index (χ1v) is 16.3. The van der Waals surface area contributed by atoms with Crippen molar-refractivity contribution in [2.24, 2.45) is 0 Å². The molecule has 2 aromatic carbocycles. The number of allylic oxidation sites excluding steroid dienone is 1. The van der Waals surface area contributed by atoms with Gasteiger partial charge in [0.1, 0.15) is 0 Å². The normalized spacial score (nSPS) is 12.6. The molecule has 0 spiro atoms. The Kier molecular flexibility index (Phi) is 17.7. The number of methoxy groups -OCH3 is 1. The molecule has 228 valence electrons. The molecule has 1 aliphatic heterocycles. The number of ether oxygens (including phenoxy) is 2. The van der Waals surface area contributed by atoms with Crippen LogP contribution in [0, 0.1) is 0 Å². The number of para-hydroxylation sites is 1. The van der Waals surface area contributed by atoms with Crippen molar-refractivity contribution < 1.29 is 14.3 Å². The van der Waals surface area contributed by atoms with Crippen LogP contribution in [-0.2, 0) is 17.8 Å². The maximum Gasteiger partial charge on any atom is 0.228 e. The van der Waals surface area contributed by atoms with E-state index >= 15 is 0 Å². The molecular formula is C34H51BrN2O3S. The zero-order chi connectivity index (χ0) is 28.4. The fourth-order valence-corrected chi connectivity index (χ4v) is 5.87. The van der Waals surface area contributed by atoms with Crippen molar-refractivity contribution in [1.82, 2.24) is 4.90 Å². The lowest BCUT2D eigenvalue weighted by atomic mass is 10.1. The highest BCUT2D eigenvalue weighted by molar-refractivity contribution is 8.93. The zero-order valence-corrected chi connectivity index (χ0v) is 28.0. The number of thioether (sulfide) groups is 1. The Morgan fingerprint density at radius 1 is 0.927 bits per heavy atom. The summed E-state index contributed by atoms with van der Waals surface area (Å²) in [7, 11) is 1.65.